The third-order valence-corrected chi connectivity index (χ3v) is 5.41. The molecule has 0 saturated heterocycles. The van der Waals surface area contributed by atoms with Crippen LogP contribution in [0.4, 0.5) is 0 Å². The first-order valence-corrected chi connectivity index (χ1v) is 11.5. The van der Waals surface area contributed by atoms with E-state index in [0.29, 0.717) is 10.9 Å². The predicted molar refractivity (Wildman–Crippen MR) is 127 cm³/mol. The summed E-state index contributed by atoms with van der Waals surface area (Å²) in [7, 11) is 0. The van der Waals surface area contributed by atoms with Crippen LogP contribution in [0.25, 0.3) is 6.08 Å². The summed E-state index contributed by atoms with van der Waals surface area (Å²) in [5.74, 6) is 0.661. The van der Waals surface area contributed by atoms with Crippen LogP contribution in [0.5, 0.6) is 5.75 Å². The Labute approximate surface area is 189 Å². The molecule has 4 nitrogen and oxygen atoms in total. The van der Waals surface area contributed by atoms with E-state index in [-0.39, 0.29) is 5.70 Å². The number of carbonyl (C=O) groups is 1. The van der Waals surface area contributed by atoms with Gasteiger partial charge in [-0.3, -0.25) is 0 Å². The molecule has 2 aromatic carbocycles. The SMILES string of the molecule is CCCCCCCCCCOc1ccc(C2=NC(=Cc3ccc(Cl)cc3)C(=O)O2)cc1. The Balaban J connectivity index is 1.45. The van der Waals surface area contributed by atoms with Crippen molar-refractivity contribution in [2.45, 2.75) is 58.3 Å². The molecular weight excluding hydrogens is 410 g/mol. The molecule has 0 saturated carbocycles. The minimum atomic E-state index is -0.458. The fraction of sp³-hybridized carbons (Fsp3) is 0.385. The number of unbranched alkanes of at least 4 members (excludes halogenated alkanes) is 7. The molecule has 31 heavy (non-hydrogen) atoms. The molecule has 0 atom stereocenters. The molecule has 0 aliphatic carbocycles. The van der Waals surface area contributed by atoms with E-state index >= 15 is 0 Å². The molecule has 0 radical (unpaired) electrons. The summed E-state index contributed by atoms with van der Waals surface area (Å²) >= 11 is 5.90. The first kappa shape index (κ1) is 23.1. The van der Waals surface area contributed by atoms with Gasteiger partial charge in [-0.15, -0.1) is 0 Å². The van der Waals surface area contributed by atoms with E-state index in [1.807, 2.05) is 36.4 Å². The second-order valence-electron chi connectivity index (χ2n) is 7.74. The van der Waals surface area contributed by atoms with E-state index in [1.54, 1.807) is 18.2 Å². The lowest BCUT2D eigenvalue weighted by Crippen LogP contribution is -2.05. The Morgan fingerprint density at radius 1 is 0.903 bits per heavy atom. The van der Waals surface area contributed by atoms with Gasteiger partial charge >= 0.3 is 5.97 Å². The zero-order chi connectivity index (χ0) is 21.9. The first-order valence-electron chi connectivity index (χ1n) is 11.2. The molecule has 5 heteroatoms. The molecule has 1 aliphatic heterocycles. The van der Waals surface area contributed by atoms with Crippen LogP contribution < -0.4 is 4.74 Å². The third-order valence-electron chi connectivity index (χ3n) is 5.16. The Kier molecular flexibility index (Phi) is 9.16. The van der Waals surface area contributed by atoms with Gasteiger partial charge < -0.3 is 9.47 Å². The molecule has 0 fully saturated rings. The second kappa shape index (κ2) is 12.3. The van der Waals surface area contributed by atoms with Crippen LogP contribution in [-0.4, -0.2) is 18.5 Å². The zero-order valence-electron chi connectivity index (χ0n) is 18.1. The molecule has 0 spiro atoms. The predicted octanol–water partition coefficient (Wildman–Crippen LogP) is 7.20. The van der Waals surface area contributed by atoms with Crippen LogP contribution in [0, 0.1) is 0 Å². The Morgan fingerprint density at radius 2 is 1.55 bits per heavy atom. The van der Waals surface area contributed by atoms with Crippen molar-refractivity contribution in [3.63, 3.8) is 0 Å². The van der Waals surface area contributed by atoms with Gasteiger partial charge in [0, 0.05) is 10.6 Å². The fourth-order valence-corrected chi connectivity index (χ4v) is 3.50. The lowest BCUT2D eigenvalue weighted by atomic mass is 10.1. The van der Waals surface area contributed by atoms with Crippen molar-refractivity contribution in [1.82, 2.24) is 0 Å². The minimum absolute atomic E-state index is 0.271. The number of benzene rings is 2. The summed E-state index contributed by atoms with van der Waals surface area (Å²) in [6.45, 7) is 2.97. The molecule has 0 unspecified atom stereocenters. The number of hydrogen-bond donors (Lipinski definition) is 0. The topological polar surface area (TPSA) is 47.9 Å². The van der Waals surface area contributed by atoms with Crippen LogP contribution in [-0.2, 0) is 9.53 Å². The minimum Gasteiger partial charge on any atom is -0.494 e. The summed E-state index contributed by atoms with van der Waals surface area (Å²) in [5.41, 5.74) is 1.85. The zero-order valence-corrected chi connectivity index (χ0v) is 18.9. The van der Waals surface area contributed by atoms with Crippen molar-refractivity contribution in [1.29, 1.82) is 0 Å². The summed E-state index contributed by atoms with van der Waals surface area (Å²) in [4.78, 5) is 16.5. The average Bonchev–Trinajstić information content (AvgIpc) is 3.15. The van der Waals surface area contributed by atoms with Gasteiger partial charge in [-0.1, -0.05) is 75.6 Å². The molecule has 0 bridgehead atoms. The van der Waals surface area contributed by atoms with Gasteiger partial charge in [-0.25, -0.2) is 9.79 Å². The molecular formula is C26H30ClNO3. The highest BCUT2D eigenvalue weighted by molar-refractivity contribution is 6.30. The molecule has 0 aromatic heterocycles. The Bertz CT molecular complexity index is 901. The molecule has 0 N–H and O–H groups in total. The Morgan fingerprint density at radius 3 is 2.23 bits per heavy atom. The van der Waals surface area contributed by atoms with Gasteiger partial charge in [0.25, 0.3) is 0 Å². The molecule has 2 aromatic rings. The quantitative estimate of drug-likeness (QED) is 0.199. The maximum absolute atomic E-state index is 12.1. The van der Waals surface area contributed by atoms with E-state index in [0.717, 1.165) is 29.9 Å². The van der Waals surface area contributed by atoms with Crippen LogP contribution in [0.1, 0.15) is 69.4 Å². The number of cyclic esters (lactones) is 1. The van der Waals surface area contributed by atoms with Gasteiger partial charge in [0.15, 0.2) is 5.70 Å². The van der Waals surface area contributed by atoms with Crippen molar-refractivity contribution >= 4 is 29.5 Å². The number of halogens is 1. The molecule has 164 valence electrons. The summed E-state index contributed by atoms with van der Waals surface area (Å²) in [6, 6.07) is 14.7. The van der Waals surface area contributed by atoms with Crippen molar-refractivity contribution in [3.05, 3.63) is 70.4 Å². The normalized spacial score (nSPS) is 14.6. The lowest BCUT2D eigenvalue weighted by Gasteiger charge is -2.07. The van der Waals surface area contributed by atoms with Crippen LogP contribution in [0.3, 0.4) is 0 Å². The summed E-state index contributed by atoms with van der Waals surface area (Å²) < 4.78 is 11.2. The maximum Gasteiger partial charge on any atom is 0.363 e. The summed E-state index contributed by atoms with van der Waals surface area (Å²) in [5, 5.41) is 0.644. The molecule has 1 heterocycles. The maximum atomic E-state index is 12.1. The first-order chi connectivity index (χ1) is 15.2. The number of nitrogens with zero attached hydrogens (tertiary/aromatic N) is 1. The number of hydrogen-bond acceptors (Lipinski definition) is 4. The standard InChI is InChI=1S/C26H30ClNO3/c1-2-3-4-5-6-7-8-9-18-30-23-16-12-21(13-17-23)25-28-24(26(29)31-25)19-20-10-14-22(27)15-11-20/h10-17,19H,2-9,18H2,1H3. The van der Waals surface area contributed by atoms with Crippen molar-refractivity contribution < 1.29 is 14.3 Å². The van der Waals surface area contributed by atoms with Gasteiger partial charge in [0.05, 0.1) is 6.61 Å². The van der Waals surface area contributed by atoms with Gasteiger partial charge in [-0.05, 0) is 54.5 Å². The van der Waals surface area contributed by atoms with E-state index in [2.05, 4.69) is 11.9 Å². The van der Waals surface area contributed by atoms with Gasteiger partial charge in [-0.2, -0.15) is 0 Å². The highest BCUT2D eigenvalue weighted by atomic mass is 35.5. The molecule has 3 rings (SSSR count). The average molecular weight is 440 g/mol. The van der Waals surface area contributed by atoms with Crippen LogP contribution in [0.2, 0.25) is 5.02 Å². The lowest BCUT2D eigenvalue weighted by molar-refractivity contribution is -0.129. The van der Waals surface area contributed by atoms with Crippen LogP contribution in [0.15, 0.2) is 59.2 Å². The van der Waals surface area contributed by atoms with Crippen LogP contribution >= 0.6 is 11.6 Å². The second-order valence-corrected chi connectivity index (χ2v) is 8.17. The number of aliphatic imine (C=N–C) groups is 1. The number of rotatable bonds is 12. The highest BCUT2D eigenvalue weighted by Gasteiger charge is 2.24. The molecule has 0 amide bonds. The Hall–Kier alpha value is -2.59. The van der Waals surface area contributed by atoms with Crippen molar-refractivity contribution in [2.24, 2.45) is 4.99 Å². The van der Waals surface area contributed by atoms with Gasteiger partial charge in [0.1, 0.15) is 5.75 Å². The van der Waals surface area contributed by atoms with E-state index in [1.165, 1.54) is 44.9 Å². The monoisotopic (exact) mass is 439 g/mol. The van der Waals surface area contributed by atoms with E-state index in [9.17, 15) is 4.79 Å². The smallest absolute Gasteiger partial charge is 0.363 e. The van der Waals surface area contributed by atoms with Gasteiger partial charge in [0.2, 0.25) is 5.90 Å². The third kappa shape index (κ3) is 7.55. The number of esters is 1. The van der Waals surface area contributed by atoms with E-state index < -0.39 is 5.97 Å². The largest absolute Gasteiger partial charge is 0.494 e. The van der Waals surface area contributed by atoms with E-state index in [4.69, 9.17) is 21.1 Å². The number of carbonyl (C=O) groups excluding carboxylic acids is 1. The number of ether oxygens (including phenoxy) is 2. The van der Waals surface area contributed by atoms with Crippen molar-refractivity contribution in [3.8, 4) is 5.75 Å². The summed E-state index contributed by atoms with van der Waals surface area (Å²) in [6.07, 6.45) is 11.9. The fourth-order valence-electron chi connectivity index (χ4n) is 3.37. The highest BCUT2D eigenvalue weighted by Crippen LogP contribution is 2.22. The van der Waals surface area contributed by atoms with Crippen molar-refractivity contribution in [2.75, 3.05) is 6.61 Å². The molecule has 1 aliphatic rings.